The van der Waals surface area contributed by atoms with Gasteiger partial charge in [0.25, 0.3) is 0 Å². The molecule has 1 saturated carbocycles. The van der Waals surface area contributed by atoms with Crippen molar-refractivity contribution in [2.45, 2.75) is 57.8 Å². The van der Waals surface area contributed by atoms with Gasteiger partial charge in [0, 0.05) is 36.1 Å². The Balaban J connectivity index is 1.60. The van der Waals surface area contributed by atoms with Crippen LogP contribution in [0.4, 0.5) is 19.0 Å². The lowest BCUT2D eigenvalue weighted by Gasteiger charge is -2.29. The van der Waals surface area contributed by atoms with Gasteiger partial charge in [-0.3, -0.25) is 4.79 Å². The van der Waals surface area contributed by atoms with E-state index < -0.39 is 24.2 Å². The van der Waals surface area contributed by atoms with Crippen molar-refractivity contribution >= 4 is 22.8 Å². The van der Waals surface area contributed by atoms with Crippen molar-refractivity contribution in [3.05, 3.63) is 36.8 Å². The van der Waals surface area contributed by atoms with E-state index in [-0.39, 0.29) is 6.42 Å². The SMILES string of the molecule is CCC(C)(Nc1ccnc(-c2cn(CC3CCC3)c3ncccc23)n1)C(=O)NCC(F)(F)F. The van der Waals surface area contributed by atoms with E-state index in [2.05, 4.69) is 24.8 Å². The molecule has 7 nitrogen and oxygen atoms in total. The van der Waals surface area contributed by atoms with Crippen LogP contribution in [0.3, 0.4) is 0 Å². The number of rotatable bonds is 8. The fraction of sp³-hybridized carbons (Fsp3) is 0.478. The van der Waals surface area contributed by atoms with Crippen LogP contribution in [0.25, 0.3) is 22.4 Å². The first-order valence-corrected chi connectivity index (χ1v) is 11.1. The highest BCUT2D eigenvalue weighted by Crippen LogP contribution is 2.33. The summed E-state index contributed by atoms with van der Waals surface area (Å²) in [4.78, 5) is 26.0. The molecule has 0 bridgehead atoms. The molecule has 0 saturated heterocycles. The van der Waals surface area contributed by atoms with E-state index in [1.165, 1.54) is 19.3 Å². The van der Waals surface area contributed by atoms with Crippen LogP contribution in [0, 0.1) is 5.92 Å². The maximum atomic E-state index is 12.5. The molecule has 3 aromatic rings. The molecule has 10 heteroatoms. The zero-order valence-corrected chi connectivity index (χ0v) is 18.6. The maximum absolute atomic E-state index is 12.5. The number of fused-ring (bicyclic) bond motifs is 1. The number of hydrogen-bond acceptors (Lipinski definition) is 5. The molecule has 1 atom stereocenters. The first-order valence-electron chi connectivity index (χ1n) is 11.1. The van der Waals surface area contributed by atoms with Crippen LogP contribution in [0.5, 0.6) is 0 Å². The number of alkyl halides is 3. The number of halogens is 3. The molecule has 1 aliphatic rings. The van der Waals surface area contributed by atoms with E-state index in [0.29, 0.717) is 17.6 Å². The third-order valence-corrected chi connectivity index (χ3v) is 6.27. The van der Waals surface area contributed by atoms with Crippen LogP contribution in [-0.4, -0.2) is 43.7 Å². The second-order valence-corrected chi connectivity index (χ2v) is 8.74. The molecule has 4 rings (SSSR count). The van der Waals surface area contributed by atoms with E-state index >= 15 is 0 Å². The number of hydrogen-bond donors (Lipinski definition) is 2. The number of nitrogens with zero attached hydrogens (tertiary/aromatic N) is 4. The second kappa shape index (κ2) is 8.99. The standard InChI is InChI=1S/C23H27F3N6O/c1-3-22(2,21(33)29-14-23(24,25)26)31-18-9-11-27-19(30-18)17-13-32(12-15-6-4-7-15)20-16(17)8-5-10-28-20/h5,8-11,13,15H,3-4,6-7,12,14H2,1-2H3,(H,29,33)(H,27,30,31). The molecule has 1 aliphatic carbocycles. The van der Waals surface area contributed by atoms with Crippen LogP contribution in [0.1, 0.15) is 39.5 Å². The molecule has 1 amide bonds. The average molecular weight is 461 g/mol. The molecule has 3 heterocycles. The van der Waals surface area contributed by atoms with E-state index in [1.807, 2.05) is 23.6 Å². The van der Waals surface area contributed by atoms with Crippen LogP contribution in [0.2, 0.25) is 0 Å². The molecule has 0 aromatic carbocycles. The van der Waals surface area contributed by atoms with Gasteiger partial charge in [-0.1, -0.05) is 13.3 Å². The quantitative estimate of drug-likeness (QED) is 0.515. The van der Waals surface area contributed by atoms with E-state index in [0.717, 1.165) is 23.1 Å². The monoisotopic (exact) mass is 460 g/mol. The largest absolute Gasteiger partial charge is 0.405 e. The molecular weight excluding hydrogens is 433 g/mol. The number of carbonyl (C=O) groups is 1. The molecule has 33 heavy (non-hydrogen) atoms. The summed E-state index contributed by atoms with van der Waals surface area (Å²) in [5.74, 6) is 0.712. The highest BCUT2D eigenvalue weighted by molar-refractivity contribution is 5.92. The first-order chi connectivity index (χ1) is 15.7. The Morgan fingerprint density at radius 2 is 2.00 bits per heavy atom. The summed E-state index contributed by atoms with van der Waals surface area (Å²) in [6, 6.07) is 5.43. The van der Waals surface area contributed by atoms with Crippen molar-refractivity contribution in [2.75, 3.05) is 11.9 Å². The molecule has 3 aromatic heterocycles. The van der Waals surface area contributed by atoms with Gasteiger partial charge in [-0.2, -0.15) is 13.2 Å². The normalized spacial score (nSPS) is 16.3. The van der Waals surface area contributed by atoms with Gasteiger partial charge < -0.3 is 15.2 Å². The lowest BCUT2D eigenvalue weighted by molar-refractivity contribution is -0.140. The minimum absolute atomic E-state index is 0.265. The molecular formula is C23H27F3N6O. The molecule has 0 spiro atoms. The topological polar surface area (TPSA) is 84.7 Å². The van der Waals surface area contributed by atoms with Gasteiger partial charge >= 0.3 is 6.18 Å². The Kier molecular flexibility index (Phi) is 6.27. The third-order valence-electron chi connectivity index (χ3n) is 6.27. The van der Waals surface area contributed by atoms with Gasteiger partial charge in [0.2, 0.25) is 5.91 Å². The van der Waals surface area contributed by atoms with Crippen LogP contribution in [-0.2, 0) is 11.3 Å². The smallest absolute Gasteiger partial charge is 0.356 e. The number of anilines is 1. The number of aromatic nitrogens is 4. The van der Waals surface area contributed by atoms with Gasteiger partial charge in [0.15, 0.2) is 5.82 Å². The van der Waals surface area contributed by atoms with Crippen LogP contribution < -0.4 is 10.6 Å². The summed E-state index contributed by atoms with van der Waals surface area (Å²) in [6.45, 7) is 2.78. The fourth-order valence-corrected chi connectivity index (χ4v) is 3.92. The molecule has 0 aliphatic heterocycles. The minimum atomic E-state index is -4.48. The van der Waals surface area contributed by atoms with Crippen molar-refractivity contribution < 1.29 is 18.0 Å². The highest BCUT2D eigenvalue weighted by Gasteiger charge is 2.35. The summed E-state index contributed by atoms with van der Waals surface area (Å²) < 4.78 is 39.8. The van der Waals surface area contributed by atoms with Gasteiger partial charge in [-0.05, 0) is 50.3 Å². The summed E-state index contributed by atoms with van der Waals surface area (Å²) in [7, 11) is 0. The summed E-state index contributed by atoms with van der Waals surface area (Å²) >= 11 is 0. The summed E-state index contributed by atoms with van der Waals surface area (Å²) in [5.41, 5.74) is 0.420. The van der Waals surface area contributed by atoms with Crippen molar-refractivity contribution in [1.29, 1.82) is 0 Å². The van der Waals surface area contributed by atoms with Crippen LogP contribution in [0.15, 0.2) is 36.8 Å². The van der Waals surface area contributed by atoms with Crippen LogP contribution >= 0.6 is 0 Å². The zero-order chi connectivity index (χ0) is 23.6. The number of carbonyl (C=O) groups excluding carboxylic acids is 1. The Hall–Kier alpha value is -3.17. The van der Waals surface area contributed by atoms with Gasteiger partial charge in [-0.15, -0.1) is 0 Å². The Morgan fingerprint density at radius 3 is 2.67 bits per heavy atom. The third kappa shape index (κ3) is 5.09. The lowest BCUT2D eigenvalue weighted by atomic mass is 9.85. The Morgan fingerprint density at radius 1 is 1.21 bits per heavy atom. The molecule has 0 radical (unpaired) electrons. The fourth-order valence-electron chi connectivity index (χ4n) is 3.92. The van der Waals surface area contributed by atoms with E-state index in [1.54, 1.807) is 32.3 Å². The number of nitrogens with one attached hydrogen (secondary N) is 2. The van der Waals surface area contributed by atoms with Crippen molar-refractivity contribution in [3.8, 4) is 11.4 Å². The van der Waals surface area contributed by atoms with Gasteiger partial charge in [-0.25, -0.2) is 15.0 Å². The molecule has 176 valence electrons. The van der Waals surface area contributed by atoms with Gasteiger partial charge in [0.1, 0.15) is 23.5 Å². The molecule has 2 N–H and O–H groups in total. The predicted molar refractivity (Wildman–Crippen MR) is 119 cm³/mol. The summed E-state index contributed by atoms with van der Waals surface area (Å²) in [6.07, 6.45) is 4.80. The molecule has 1 unspecified atom stereocenters. The maximum Gasteiger partial charge on any atom is 0.405 e. The summed E-state index contributed by atoms with van der Waals surface area (Å²) in [5, 5.41) is 5.89. The lowest BCUT2D eigenvalue weighted by Crippen LogP contribution is -2.52. The predicted octanol–water partition coefficient (Wildman–Crippen LogP) is 4.55. The molecule has 1 fully saturated rings. The van der Waals surface area contributed by atoms with Gasteiger partial charge in [0.05, 0.1) is 0 Å². The Bertz CT molecular complexity index is 1140. The Labute approximate surface area is 189 Å². The first kappa shape index (κ1) is 23.0. The second-order valence-electron chi connectivity index (χ2n) is 8.74. The van der Waals surface area contributed by atoms with E-state index in [4.69, 9.17) is 0 Å². The highest BCUT2D eigenvalue weighted by atomic mass is 19.4. The van der Waals surface area contributed by atoms with Crippen molar-refractivity contribution in [2.24, 2.45) is 5.92 Å². The number of amides is 1. The zero-order valence-electron chi connectivity index (χ0n) is 18.6. The minimum Gasteiger partial charge on any atom is -0.356 e. The number of pyridine rings is 1. The average Bonchev–Trinajstić information content (AvgIpc) is 3.13. The van der Waals surface area contributed by atoms with E-state index in [9.17, 15) is 18.0 Å². The van der Waals surface area contributed by atoms with Crippen molar-refractivity contribution in [3.63, 3.8) is 0 Å². The van der Waals surface area contributed by atoms with Crippen molar-refractivity contribution in [1.82, 2.24) is 24.8 Å².